The minimum absolute atomic E-state index is 0.0614. The molecule has 106 valence electrons. The first-order valence-electron chi connectivity index (χ1n) is 6.05. The van der Waals surface area contributed by atoms with Crippen LogP contribution >= 0.6 is 0 Å². The number of hydrogen-bond acceptors (Lipinski definition) is 2. The summed E-state index contributed by atoms with van der Waals surface area (Å²) in [5, 5.41) is 0. The van der Waals surface area contributed by atoms with Crippen molar-refractivity contribution in [3.8, 4) is 0 Å². The lowest BCUT2D eigenvalue weighted by atomic mass is 9.92. The van der Waals surface area contributed by atoms with Crippen LogP contribution in [0.3, 0.4) is 0 Å². The van der Waals surface area contributed by atoms with Crippen molar-refractivity contribution in [3.05, 3.63) is 53.6 Å². The average Bonchev–Trinajstić information content (AvgIpc) is 2.46. The number of carbonyl (C=O) groups excluding carboxylic acids is 1. The van der Waals surface area contributed by atoms with Gasteiger partial charge in [-0.1, -0.05) is 30.4 Å². The van der Waals surface area contributed by atoms with Crippen LogP contribution < -0.4 is 0 Å². The predicted molar refractivity (Wildman–Crippen MR) is 69.1 cm³/mol. The minimum Gasteiger partial charge on any atom is -0.465 e. The Morgan fingerprint density at radius 1 is 1.25 bits per heavy atom. The summed E-state index contributed by atoms with van der Waals surface area (Å²) >= 11 is 0. The van der Waals surface area contributed by atoms with Crippen LogP contribution in [-0.2, 0) is 4.74 Å². The fraction of sp³-hybridized carbons (Fsp3) is 0.267. The molecule has 1 unspecified atom stereocenters. The fourth-order valence-electron chi connectivity index (χ4n) is 1.99. The number of hydrogen-bond donors (Lipinski definition) is 0. The lowest BCUT2D eigenvalue weighted by Gasteiger charge is -2.19. The van der Waals surface area contributed by atoms with Gasteiger partial charge in [-0.15, -0.1) is 0 Å². The van der Waals surface area contributed by atoms with Crippen LogP contribution in [0.15, 0.2) is 42.5 Å². The number of allylic oxidation sites excluding steroid dienone is 4. The van der Waals surface area contributed by atoms with Crippen molar-refractivity contribution >= 4 is 11.5 Å². The molecule has 0 bridgehead atoms. The number of rotatable bonds is 2. The molecule has 5 heteroatoms. The monoisotopic (exact) mass is 282 g/mol. The Balaban J connectivity index is 2.13. The molecule has 0 radical (unpaired) electrons. The van der Waals surface area contributed by atoms with Crippen molar-refractivity contribution < 1.29 is 22.7 Å². The quantitative estimate of drug-likeness (QED) is 0.766. The molecule has 0 spiro atoms. The van der Waals surface area contributed by atoms with Crippen molar-refractivity contribution in [3.63, 3.8) is 0 Å². The van der Waals surface area contributed by atoms with E-state index in [9.17, 15) is 18.0 Å². The summed E-state index contributed by atoms with van der Waals surface area (Å²) in [5.74, 6) is -1.86. The molecule has 0 saturated heterocycles. The summed E-state index contributed by atoms with van der Waals surface area (Å²) in [6, 6.07) is 6.56. The van der Waals surface area contributed by atoms with E-state index in [0.29, 0.717) is 5.56 Å². The standard InChI is InChI=1S/C15H13F3O2/c1-20-14(19)12-4-2-10(3-5-12)11-6-8-13(9-7-11)15(16,17)18/h2-8,13H,9H2,1H3. The third-order valence-electron chi connectivity index (χ3n) is 3.16. The third kappa shape index (κ3) is 3.10. The zero-order valence-corrected chi connectivity index (χ0v) is 10.8. The number of esters is 1. The highest BCUT2D eigenvalue weighted by molar-refractivity contribution is 5.90. The summed E-state index contributed by atoms with van der Waals surface area (Å²) in [4.78, 5) is 11.3. The van der Waals surface area contributed by atoms with Gasteiger partial charge in [-0.2, -0.15) is 13.2 Å². The molecule has 20 heavy (non-hydrogen) atoms. The van der Waals surface area contributed by atoms with Crippen LogP contribution in [0.2, 0.25) is 0 Å². The number of alkyl halides is 3. The van der Waals surface area contributed by atoms with Gasteiger partial charge in [0.25, 0.3) is 0 Å². The molecule has 0 saturated carbocycles. The Kier molecular flexibility index (Phi) is 3.97. The summed E-state index contributed by atoms with van der Waals surface area (Å²) < 4.78 is 42.1. The number of benzene rings is 1. The highest BCUT2D eigenvalue weighted by Gasteiger charge is 2.37. The van der Waals surface area contributed by atoms with E-state index in [-0.39, 0.29) is 6.42 Å². The van der Waals surface area contributed by atoms with E-state index in [4.69, 9.17) is 0 Å². The van der Waals surface area contributed by atoms with E-state index < -0.39 is 18.1 Å². The van der Waals surface area contributed by atoms with Gasteiger partial charge in [0.15, 0.2) is 0 Å². The van der Waals surface area contributed by atoms with Crippen molar-refractivity contribution in [2.75, 3.05) is 7.11 Å². The number of methoxy groups -OCH3 is 1. The first-order chi connectivity index (χ1) is 9.41. The van der Waals surface area contributed by atoms with Gasteiger partial charge in [0.05, 0.1) is 18.6 Å². The molecule has 1 aromatic carbocycles. The minimum atomic E-state index is -4.20. The highest BCUT2D eigenvalue weighted by atomic mass is 19.4. The molecule has 2 nitrogen and oxygen atoms in total. The third-order valence-corrected chi connectivity index (χ3v) is 3.16. The fourth-order valence-corrected chi connectivity index (χ4v) is 1.99. The van der Waals surface area contributed by atoms with Gasteiger partial charge in [0, 0.05) is 0 Å². The molecule has 0 fully saturated rings. The van der Waals surface area contributed by atoms with Crippen molar-refractivity contribution in [2.45, 2.75) is 12.6 Å². The van der Waals surface area contributed by atoms with Crippen LogP contribution in [0.1, 0.15) is 22.3 Å². The molecular weight excluding hydrogens is 269 g/mol. The van der Waals surface area contributed by atoms with Crippen molar-refractivity contribution in [1.29, 1.82) is 0 Å². The molecule has 1 atom stereocenters. The number of ether oxygens (including phenoxy) is 1. The van der Waals surface area contributed by atoms with Crippen LogP contribution in [0.25, 0.3) is 5.57 Å². The topological polar surface area (TPSA) is 26.3 Å². The Morgan fingerprint density at radius 3 is 2.35 bits per heavy atom. The molecule has 1 aliphatic carbocycles. The maximum absolute atomic E-state index is 12.5. The SMILES string of the molecule is COC(=O)c1ccc(C2=CCC(C(F)(F)F)C=C2)cc1. The van der Waals surface area contributed by atoms with Crippen LogP contribution in [0.5, 0.6) is 0 Å². The second-order valence-corrected chi connectivity index (χ2v) is 4.47. The van der Waals surface area contributed by atoms with E-state index >= 15 is 0 Å². The van der Waals surface area contributed by atoms with Gasteiger partial charge in [0.1, 0.15) is 0 Å². The first kappa shape index (κ1) is 14.4. The number of halogens is 3. The zero-order valence-electron chi connectivity index (χ0n) is 10.8. The maximum atomic E-state index is 12.5. The van der Waals surface area contributed by atoms with E-state index in [0.717, 1.165) is 11.1 Å². The number of carbonyl (C=O) groups is 1. The lowest BCUT2D eigenvalue weighted by Crippen LogP contribution is -2.21. The predicted octanol–water partition coefficient (Wildman–Crippen LogP) is 4.00. The van der Waals surface area contributed by atoms with E-state index in [1.807, 2.05) is 0 Å². The Morgan fingerprint density at radius 2 is 1.90 bits per heavy atom. The van der Waals surface area contributed by atoms with E-state index in [1.54, 1.807) is 30.3 Å². The van der Waals surface area contributed by atoms with Crippen molar-refractivity contribution in [2.24, 2.45) is 5.92 Å². The van der Waals surface area contributed by atoms with Gasteiger partial charge >= 0.3 is 12.1 Å². The molecule has 0 aromatic heterocycles. The van der Waals surface area contributed by atoms with Crippen LogP contribution in [0.4, 0.5) is 13.2 Å². The molecule has 1 aromatic rings. The van der Waals surface area contributed by atoms with Gasteiger partial charge < -0.3 is 4.74 Å². The second-order valence-electron chi connectivity index (χ2n) is 4.47. The second kappa shape index (κ2) is 5.53. The molecule has 1 aliphatic rings. The smallest absolute Gasteiger partial charge is 0.395 e. The summed E-state index contributed by atoms with van der Waals surface area (Å²) in [7, 11) is 1.29. The lowest BCUT2D eigenvalue weighted by molar-refractivity contribution is -0.160. The van der Waals surface area contributed by atoms with Crippen LogP contribution in [0, 0.1) is 5.92 Å². The normalized spacial score (nSPS) is 18.6. The van der Waals surface area contributed by atoms with E-state index in [2.05, 4.69) is 4.74 Å². The Hall–Kier alpha value is -2.04. The van der Waals surface area contributed by atoms with Crippen LogP contribution in [-0.4, -0.2) is 19.3 Å². The average molecular weight is 282 g/mol. The Bertz CT molecular complexity index is 553. The van der Waals surface area contributed by atoms with Gasteiger partial charge in [0.2, 0.25) is 0 Å². The molecule has 0 heterocycles. The summed E-state index contributed by atoms with van der Waals surface area (Å²) in [5.41, 5.74) is 1.90. The molecule has 0 N–H and O–H groups in total. The molecular formula is C15H13F3O2. The largest absolute Gasteiger partial charge is 0.465 e. The van der Waals surface area contributed by atoms with Gasteiger partial charge in [-0.05, 0) is 29.7 Å². The summed E-state index contributed by atoms with van der Waals surface area (Å²) in [6.45, 7) is 0. The van der Waals surface area contributed by atoms with E-state index in [1.165, 1.54) is 19.3 Å². The molecule has 0 amide bonds. The Labute approximate surface area is 114 Å². The summed E-state index contributed by atoms with van der Waals surface area (Å²) in [6.07, 6.45) is -0.0645. The first-order valence-corrected chi connectivity index (χ1v) is 6.05. The molecule has 2 rings (SSSR count). The molecule has 0 aliphatic heterocycles. The zero-order chi connectivity index (χ0) is 14.8. The van der Waals surface area contributed by atoms with Gasteiger partial charge in [-0.25, -0.2) is 4.79 Å². The highest BCUT2D eigenvalue weighted by Crippen LogP contribution is 2.35. The maximum Gasteiger partial charge on any atom is 0.395 e. The van der Waals surface area contributed by atoms with Gasteiger partial charge in [-0.3, -0.25) is 0 Å². The van der Waals surface area contributed by atoms with Crippen molar-refractivity contribution in [1.82, 2.24) is 0 Å².